The Morgan fingerprint density at radius 1 is 0.575 bits per heavy atom. The lowest BCUT2D eigenvalue weighted by atomic mass is 9.87. The van der Waals surface area contributed by atoms with E-state index in [1.165, 1.54) is 36.4 Å². The largest absolute Gasteiger partial charge is 0.379 e. The minimum absolute atomic E-state index is 0.0607. The van der Waals surface area contributed by atoms with E-state index in [4.69, 9.17) is 9.47 Å². The summed E-state index contributed by atoms with van der Waals surface area (Å²) in [4.78, 5) is 71.6. The zero-order valence-electron chi connectivity index (χ0n) is 23.4. The summed E-state index contributed by atoms with van der Waals surface area (Å²) in [6.07, 6.45) is 0. The summed E-state index contributed by atoms with van der Waals surface area (Å²) in [6.45, 7) is 11.7. The summed E-state index contributed by atoms with van der Waals surface area (Å²) in [7, 11) is 0. The van der Waals surface area contributed by atoms with E-state index in [1.807, 2.05) is 37.5 Å². The number of hydrogen-bond donors (Lipinski definition) is 0. The molecule has 3 aliphatic rings. The molecule has 0 radical (unpaired) electrons. The zero-order chi connectivity index (χ0) is 28.8. The van der Waals surface area contributed by atoms with Crippen LogP contribution in [0.2, 0.25) is 0 Å². The fraction of sp³-hybridized carbons (Fsp3) is 0.452. The number of carbonyl (C=O) groups excluding carboxylic acids is 5. The molecule has 0 spiro atoms. The van der Waals surface area contributed by atoms with Crippen molar-refractivity contribution in [3.63, 3.8) is 0 Å². The summed E-state index contributed by atoms with van der Waals surface area (Å²) < 4.78 is 10.8. The molecule has 2 heterocycles. The minimum Gasteiger partial charge on any atom is -0.379 e. The zero-order valence-corrected chi connectivity index (χ0v) is 23.4. The van der Waals surface area contributed by atoms with E-state index in [0.29, 0.717) is 52.6 Å². The van der Waals surface area contributed by atoms with Crippen LogP contribution in [-0.2, 0) is 9.47 Å². The van der Waals surface area contributed by atoms with Gasteiger partial charge in [0, 0.05) is 59.6 Å². The van der Waals surface area contributed by atoms with Gasteiger partial charge in [-0.05, 0) is 52.0 Å². The third-order valence-electron chi connectivity index (χ3n) is 8.46. The smallest absolute Gasteiger partial charge is 0.234 e. The lowest BCUT2D eigenvalue weighted by molar-refractivity contribution is -0.00443. The van der Waals surface area contributed by atoms with Crippen LogP contribution in [-0.4, -0.2) is 102 Å². The topological polar surface area (TPSA) is 110 Å². The van der Waals surface area contributed by atoms with E-state index in [1.54, 1.807) is 0 Å². The minimum atomic E-state index is -0.877. The molecule has 0 unspecified atom stereocenters. The average Bonchev–Trinajstić information content (AvgIpc) is 3.06. The number of carbonyl (C=O) groups is 5. The van der Waals surface area contributed by atoms with Crippen molar-refractivity contribution in [2.24, 2.45) is 0 Å². The molecule has 2 saturated heterocycles. The number of ketones is 5. The number of Topliss-reactive ketones (excluding diaryl/α,β-unsaturated/α-hetero) is 4. The maximum absolute atomic E-state index is 13.6. The average molecular weight is 547 g/mol. The first-order valence-corrected chi connectivity index (χ1v) is 13.6. The third kappa shape index (κ3) is 4.77. The highest BCUT2D eigenvalue weighted by molar-refractivity contribution is 6.53. The van der Waals surface area contributed by atoms with Crippen LogP contribution >= 0.6 is 0 Å². The molecule has 0 bridgehead atoms. The summed E-state index contributed by atoms with van der Waals surface area (Å²) in [5.74, 6) is -2.69. The Morgan fingerprint density at radius 3 is 1.27 bits per heavy atom. The van der Waals surface area contributed by atoms with Gasteiger partial charge < -0.3 is 9.47 Å². The monoisotopic (exact) mass is 546 g/mol. The van der Waals surface area contributed by atoms with Crippen molar-refractivity contribution in [3.05, 3.63) is 69.8 Å². The summed E-state index contributed by atoms with van der Waals surface area (Å²) in [5, 5.41) is 0. The molecule has 2 aliphatic heterocycles. The molecule has 2 aromatic carbocycles. The van der Waals surface area contributed by atoms with Crippen LogP contribution in [0, 0.1) is 0 Å². The maximum atomic E-state index is 13.6. The lowest BCUT2D eigenvalue weighted by Crippen LogP contribution is -2.54. The Hall–Kier alpha value is -3.37. The second-order valence-corrected chi connectivity index (χ2v) is 11.5. The van der Waals surface area contributed by atoms with Gasteiger partial charge in [-0.2, -0.15) is 0 Å². The molecule has 0 amide bonds. The molecule has 2 aromatic rings. The fourth-order valence-corrected chi connectivity index (χ4v) is 5.77. The number of morpholine rings is 2. The first-order chi connectivity index (χ1) is 18.9. The molecule has 0 N–H and O–H groups in total. The fourth-order valence-electron chi connectivity index (χ4n) is 5.77. The van der Waals surface area contributed by atoms with Gasteiger partial charge in [0.25, 0.3) is 0 Å². The van der Waals surface area contributed by atoms with Crippen molar-refractivity contribution in [1.82, 2.24) is 9.80 Å². The van der Waals surface area contributed by atoms with Crippen LogP contribution in [0.1, 0.15) is 85.0 Å². The molecule has 2 fully saturated rings. The Bertz CT molecular complexity index is 1310. The Balaban J connectivity index is 1.48. The number of hydrogen-bond acceptors (Lipinski definition) is 9. The predicted molar refractivity (Wildman–Crippen MR) is 147 cm³/mol. The molecule has 210 valence electrons. The number of ether oxygens (including phenoxy) is 2. The summed E-state index contributed by atoms with van der Waals surface area (Å²) in [6, 6.07) is 8.68. The van der Waals surface area contributed by atoms with Crippen molar-refractivity contribution in [3.8, 4) is 0 Å². The van der Waals surface area contributed by atoms with Gasteiger partial charge in [0.15, 0.2) is 17.3 Å². The molecule has 5 rings (SSSR count). The highest BCUT2D eigenvalue weighted by atomic mass is 16.5. The highest BCUT2D eigenvalue weighted by Gasteiger charge is 2.40. The number of rotatable bonds is 6. The van der Waals surface area contributed by atoms with Gasteiger partial charge in [0.1, 0.15) is 0 Å². The molecule has 0 aromatic heterocycles. The van der Waals surface area contributed by atoms with E-state index < -0.39 is 28.4 Å². The van der Waals surface area contributed by atoms with Crippen LogP contribution in [0.3, 0.4) is 0 Å². The maximum Gasteiger partial charge on any atom is 0.234 e. The molecule has 40 heavy (non-hydrogen) atoms. The molecule has 1 aliphatic carbocycles. The predicted octanol–water partition coefficient (Wildman–Crippen LogP) is 2.88. The van der Waals surface area contributed by atoms with Gasteiger partial charge in [0.2, 0.25) is 11.6 Å². The number of fused-ring (bicyclic) bond motifs is 2. The van der Waals surface area contributed by atoms with Gasteiger partial charge in [-0.25, -0.2) is 0 Å². The van der Waals surface area contributed by atoms with Gasteiger partial charge in [-0.3, -0.25) is 33.8 Å². The van der Waals surface area contributed by atoms with Crippen LogP contribution in [0.15, 0.2) is 36.4 Å². The van der Waals surface area contributed by atoms with Crippen molar-refractivity contribution < 1.29 is 33.4 Å². The van der Waals surface area contributed by atoms with E-state index in [9.17, 15) is 24.0 Å². The molecule has 9 nitrogen and oxygen atoms in total. The quantitative estimate of drug-likeness (QED) is 0.399. The number of benzene rings is 2. The molecule has 0 saturated carbocycles. The van der Waals surface area contributed by atoms with Crippen LogP contribution in [0.25, 0.3) is 0 Å². The van der Waals surface area contributed by atoms with Crippen molar-refractivity contribution in [2.45, 2.75) is 38.8 Å². The van der Waals surface area contributed by atoms with Crippen LogP contribution < -0.4 is 0 Å². The standard InChI is InChI=1S/C31H34N2O7/c1-30(2,32-9-13-39-14-10-32)28(37)19-5-7-21-23(17-19)26(35)27(36)24-18-20(6-8-22(24)25(21)34)29(38)31(3,4)33-11-15-40-16-12-33/h5-8,17-18H,9-16H2,1-4H3. The van der Waals surface area contributed by atoms with Gasteiger partial charge >= 0.3 is 0 Å². The first-order valence-electron chi connectivity index (χ1n) is 13.6. The van der Waals surface area contributed by atoms with Crippen molar-refractivity contribution in [2.75, 3.05) is 52.6 Å². The SMILES string of the molecule is CC(C)(C(=O)c1ccc2c(c1)C(=O)C(=O)c1cc(C(=O)C(C)(C)N3CCOCC3)ccc1C2=O)N1CCOCC1. The van der Waals surface area contributed by atoms with Crippen LogP contribution in [0.4, 0.5) is 0 Å². The lowest BCUT2D eigenvalue weighted by Gasteiger charge is -2.39. The Morgan fingerprint density at radius 2 is 0.925 bits per heavy atom. The highest BCUT2D eigenvalue weighted by Crippen LogP contribution is 2.30. The Labute approximate surface area is 233 Å². The first kappa shape index (κ1) is 28.2. The van der Waals surface area contributed by atoms with Gasteiger partial charge in [0.05, 0.1) is 37.5 Å². The van der Waals surface area contributed by atoms with E-state index >= 15 is 0 Å². The number of nitrogens with zero attached hydrogens (tertiary/aromatic N) is 2. The van der Waals surface area contributed by atoms with Crippen molar-refractivity contribution >= 4 is 28.9 Å². The van der Waals surface area contributed by atoms with Crippen LogP contribution in [0.5, 0.6) is 0 Å². The molecular formula is C31H34N2O7. The molecular weight excluding hydrogens is 512 g/mol. The molecule has 0 atom stereocenters. The third-order valence-corrected chi connectivity index (χ3v) is 8.46. The van der Waals surface area contributed by atoms with E-state index in [2.05, 4.69) is 0 Å². The van der Waals surface area contributed by atoms with Gasteiger partial charge in [-0.15, -0.1) is 0 Å². The Kier molecular flexibility index (Phi) is 7.43. The summed E-state index contributed by atoms with van der Waals surface area (Å²) in [5.41, 5.74) is -1.32. The molecule has 9 heteroatoms. The van der Waals surface area contributed by atoms with Gasteiger partial charge in [-0.1, -0.05) is 12.1 Å². The normalized spacial score (nSPS) is 19.1. The second-order valence-electron chi connectivity index (χ2n) is 11.5. The van der Waals surface area contributed by atoms with Crippen molar-refractivity contribution in [1.29, 1.82) is 0 Å². The second kappa shape index (κ2) is 10.6. The van der Waals surface area contributed by atoms with E-state index in [0.717, 1.165) is 0 Å². The van der Waals surface area contributed by atoms with E-state index in [-0.39, 0.29) is 44.9 Å². The summed E-state index contributed by atoms with van der Waals surface area (Å²) >= 11 is 0.